The minimum absolute atomic E-state index is 0.0691. The van der Waals surface area contributed by atoms with Crippen molar-refractivity contribution in [3.05, 3.63) is 54.1 Å². The lowest BCUT2D eigenvalue weighted by Gasteiger charge is -2.47. The van der Waals surface area contributed by atoms with E-state index < -0.39 is 23.6 Å². The Morgan fingerprint density at radius 1 is 1.07 bits per heavy atom. The second kappa shape index (κ2) is 6.54. The van der Waals surface area contributed by atoms with Crippen LogP contribution in [0.2, 0.25) is 0 Å². The van der Waals surface area contributed by atoms with Crippen molar-refractivity contribution in [2.24, 2.45) is 0 Å². The van der Waals surface area contributed by atoms with Gasteiger partial charge in [0.2, 0.25) is 5.91 Å². The number of likely N-dealkylation sites (tertiary alicyclic amines) is 1. The Hall–Kier alpha value is -3.03. The predicted molar refractivity (Wildman–Crippen MR) is 94.6 cm³/mol. The van der Waals surface area contributed by atoms with Gasteiger partial charge in [0.25, 0.3) is 5.91 Å². The molecule has 0 aliphatic carbocycles. The smallest absolute Gasteiger partial charge is 0.405 e. The van der Waals surface area contributed by atoms with E-state index in [1.54, 1.807) is 36.4 Å². The summed E-state index contributed by atoms with van der Waals surface area (Å²) >= 11 is 0. The zero-order valence-corrected chi connectivity index (χ0v) is 14.8. The molecule has 146 valence electrons. The first kappa shape index (κ1) is 18.3. The van der Waals surface area contributed by atoms with Crippen LogP contribution in [0.3, 0.4) is 0 Å². The highest BCUT2D eigenvalue weighted by atomic mass is 19.4. The molecular weight excluding hydrogens is 373 g/mol. The van der Waals surface area contributed by atoms with Gasteiger partial charge in [-0.2, -0.15) is 0 Å². The van der Waals surface area contributed by atoms with Gasteiger partial charge in [-0.15, -0.1) is 13.2 Å². The molecule has 0 atom stereocenters. The topological polar surface area (TPSA) is 58.6 Å². The number of nitrogens with one attached hydrogen (secondary N) is 1. The first-order valence-corrected chi connectivity index (χ1v) is 8.80. The lowest BCUT2D eigenvalue weighted by atomic mass is 9.87. The average Bonchev–Trinajstić information content (AvgIpc) is 3.01. The van der Waals surface area contributed by atoms with Crippen molar-refractivity contribution in [3.8, 4) is 16.9 Å². The summed E-state index contributed by atoms with van der Waals surface area (Å²) in [6, 6.07) is 13.0. The molecule has 2 aliphatic heterocycles. The molecule has 2 aliphatic rings. The van der Waals surface area contributed by atoms with Crippen molar-refractivity contribution in [1.82, 2.24) is 10.2 Å². The first-order chi connectivity index (χ1) is 13.2. The van der Waals surface area contributed by atoms with Gasteiger partial charge in [-0.25, -0.2) is 0 Å². The number of amides is 2. The van der Waals surface area contributed by atoms with E-state index in [4.69, 9.17) is 0 Å². The van der Waals surface area contributed by atoms with Gasteiger partial charge in [0.05, 0.1) is 11.1 Å². The molecular formula is C20H17F3N2O3. The Balaban J connectivity index is 1.60. The molecule has 5 nitrogen and oxygen atoms in total. The molecule has 0 saturated carbocycles. The fourth-order valence-corrected chi connectivity index (χ4v) is 3.73. The second-order valence-corrected chi connectivity index (χ2v) is 7.11. The zero-order chi connectivity index (χ0) is 19.9. The molecule has 0 radical (unpaired) electrons. The number of alkyl halides is 3. The Labute approximate surface area is 159 Å². The predicted octanol–water partition coefficient (Wildman–Crippen LogP) is 3.36. The van der Waals surface area contributed by atoms with Crippen LogP contribution in [-0.4, -0.2) is 41.7 Å². The Bertz CT molecular complexity index is 922. The highest BCUT2D eigenvalue weighted by Crippen LogP contribution is 2.36. The molecule has 2 aromatic rings. The lowest BCUT2D eigenvalue weighted by molar-refractivity contribution is -0.274. The van der Waals surface area contributed by atoms with Gasteiger partial charge < -0.3 is 15.0 Å². The third-order valence-corrected chi connectivity index (χ3v) is 5.05. The molecule has 2 saturated heterocycles. The summed E-state index contributed by atoms with van der Waals surface area (Å²) in [5.41, 5.74) is 0.628. The zero-order valence-electron chi connectivity index (χ0n) is 14.8. The third kappa shape index (κ3) is 3.54. The largest absolute Gasteiger partial charge is 0.573 e. The maximum Gasteiger partial charge on any atom is 0.573 e. The van der Waals surface area contributed by atoms with Crippen molar-refractivity contribution in [2.45, 2.75) is 24.7 Å². The highest BCUT2D eigenvalue weighted by molar-refractivity contribution is 5.98. The summed E-state index contributed by atoms with van der Waals surface area (Å²) in [5, 5.41) is 2.84. The van der Waals surface area contributed by atoms with Crippen molar-refractivity contribution in [3.63, 3.8) is 0 Å². The number of hydrogen-bond acceptors (Lipinski definition) is 3. The summed E-state index contributed by atoms with van der Waals surface area (Å²) in [5.74, 6) is -1.15. The van der Waals surface area contributed by atoms with Crippen LogP contribution in [0.15, 0.2) is 48.5 Å². The molecule has 8 heteroatoms. The minimum Gasteiger partial charge on any atom is -0.405 e. The summed E-state index contributed by atoms with van der Waals surface area (Å²) in [6.07, 6.45) is -3.90. The molecule has 2 aromatic carbocycles. The molecule has 0 unspecified atom stereocenters. The number of rotatable bonds is 3. The molecule has 1 spiro atoms. The van der Waals surface area contributed by atoms with Crippen molar-refractivity contribution in [2.75, 3.05) is 13.1 Å². The van der Waals surface area contributed by atoms with Crippen LogP contribution in [0, 0.1) is 0 Å². The van der Waals surface area contributed by atoms with Crippen LogP contribution in [0.1, 0.15) is 23.2 Å². The Kier molecular flexibility index (Phi) is 4.28. The van der Waals surface area contributed by atoms with Gasteiger partial charge >= 0.3 is 6.36 Å². The highest BCUT2D eigenvalue weighted by Gasteiger charge is 2.49. The molecule has 0 aromatic heterocycles. The maximum absolute atomic E-state index is 12.9. The normalized spacial score (nSPS) is 18.0. The van der Waals surface area contributed by atoms with Crippen LogP contribution < -0.4 is 10.1 Å². The van der Waals surface area contributed by atoms with Crippen molar-refractivity contribution < 1.29 is 27.5 Å². The van der Waals surface area contributed by atoms with Gasteiger partial charge in [0.15, 0.2) is 0 Å². The third-order valence-electron chi connectivity index (χ3n) is 5.05. The van der Waals surface area contributed by atoms with E-state index in [2.05, 4.69) is 10.1 Å². The first-order valence-electron chi connectivity index (χ1n) is 8.80. The van der Waals surface area contributed by atoms with Gasteiger partial charge in [-0.05, 0) is 29.7 Å². The Morgan fingerprint density at radius 2 is 1.79 bits per heavy atom. The van der Waals surface area contributed by atoms with Crippen molar-refractivity contribution in [1.29, 1.82) is 0 Å². The number of halogens is 3. The minimum atomic E-state index is -4.92. The second-order valence-electron chi connectivity index (χ2n) is 7.11. The van der Waals surface area contributed by atoms with Gasteiger partial charge in [0.1, 0.15) is 5.75 Å². The number of benzene rings is 2. The van der Waals surface area contributed by atoms with E-state index in [9.17, 15) is 22.8 Å². The van der Waals surface area contributed by atoms with Crippen LogP contribution in [0.4, 0.5) is 13.2 Å². The number of ether oxygens (including phenoxy) is 1. The van der Waals surface area contributed by atoms with E-state index >= 15 is 0 Å². The van der Waals surface area contributed by atoms with E-state index in [1.807, 2.05) is 0 Å². The number of carbonyl (C=O) groups is 2. The molecule has 0 bridgehead atoms. The van der Waals surface area contributed by atoms with Gasteiger partial charge in [-0.3, -0.25) is 9.59 Å². The lowest BCUT2D eigenvalue weighted by Crippen LogP contribution is -2.68. The van der Waals surface area contributed by atoms with Crippen LogP contribution in [-0.2, 0) is 4.79 Å². The summed E-state index contributed by atoms with van der Waals surface area (Å²) in [4.78, 5) is 25.6. The number of carbonyl (C=O) groups excluding carboxylic acids is 2. The molecule has 2 amide bonds. The van der Waals surface area contributed by atoms with Gasteiger partial charge in [0, 0.05) is 19.5 Å². The van der Waals surface area contributed by atoms with E-state index in [-0.39, 0.29) is 24.6 Å². The average molecular weight is 390 g/mol. The van der Waals surface area contributed by atoms with Crippen LogP contribution in [0.25, 0.3) is 11.1 Å². The molecule has 1 N–H and O–H groups in total. The number of nitrogens with zero attached hydrogens (tertiary/aromatic N) is 1. The Morgan fingerprint density at radius 3 is 2.39 bits per heavy atom. The fraction of sp³-hybridized carbons (Fsp3) is 0.300. The fourth-order valence-electron chi connectivity index (χ4n) is 3.73. The van der Waals surface area contributed by atoms with Crippen LogP contribution >= 0.6 is 0 Å². The summed E-state index contributed by atoms with van der Waals surface area (Å²) < 4.78 is 42.9. The summed E-state index contributed by atoms with van der Waals surface area (Å²) in [7, 11) is 0. The summed E-state index contributed by atoms with van der Waals surface area (Å²) in [6.45, 7) is 0.562. The van der Waals surface area contributed by atoms with Crippen molar-refractivity contribution >= 4 is 11.8 Å². The molecule has 4 rings (SSSR count). The maximum atomic E-state index is 12.9. The number of hydrogen-bond donors (Lipinski definition) is 1. The molecule has 2 heterocycles. The van der Waals surface area contributed by atoms with Gasteiger partial charge in [-0.1, -0.05) is 36.4 Å². The standard InChI is InChI=1S/C20H17F3N2O3/c21-20(22,23)28-16-10-14(13-4-2-1-3-5-13)6-7-15(16)18(27)25-11-19(12-25)9-8-17(26)24-19/h1-7,10H,8-9,11-12H2,(H,24,26). The SMILES string of the molecule is O=C1CCC2(CN(C(=O)c3ccc(-c4ccccc4)cc3OC(F)(F)F)C2)N1. The van der Waals surface area contributed by atoms with Crippen LogP contribution in [0.5, 0.6) is 5.75 Å². The monoisotopic (exact) mass is 390 g/mol. The molecule has 28 heavy (non-hydrogen) atoms. The van der Waals surface area contributed by atoms with E-state index in [0.29, 0.717) is 24.0 Å². The van der Waals surface area contributed by atoms with E-state index in [0.717, 1.165) is 0 Å². The quantitative estimate of drug-likeness (QED) is 0.875. The van der Waals surface area contributed by atoms with E-state index in [1.165, 1.54) is 17.0 Å². The molecule has 2 fully saturated rings.